The molecule has 2 aromatic rings. The van der Waals surface area contributed by atoms with Crippen molar-refractivity contribution in [2.24, 2.45) is 0 Å². The number of nitrogens with zero attached hydrogens (tertiary/aromatic N) is 3. The fourth-order valence-electron chi connectivity index (χ4n) is 1.28. The maximum Gasteiger partial charge on any atom is 0.162 e. The average Bonchev–Trinajstić information content (AvgIpc) is 2.30. The number of aryl methyl sites for hydroxylation is 1. The van der Waals surface area contributed by atoms with Crippen LogP contribution in [0, 0.1) is 0 Å². The fourth-order valence-corrected chi connectivity index (χ4v) is 1.28. The molecule has 0 amide bonds. The summed E-state index contributed by atoms with van der Waals surface area (Å²) in [7, 11) is 0. The van der Waals surface area contributed by atoms with Crippen LogP contribution in [0.4, 0.5) is 0 Å². The second-order valence-corrected chi connectivity index (χ2v) is 3.01. The summed E-state index contributed by atoms with van der Waals surface area (Å²) in [5.41, 5.74) is 2.35. The Hall–Kier alpha value is -1.77. The lowest BCUT2D eigenvalue weighted by atomic mass is 10.1. The molecule has 3 heteroatoms. The van der Waals surface area contributed by atoms with E-state index < -0.39 is 0 Å². The standard InChI is InChI=1S/C11H11N3/c1-2-9-3-5-10(6-4-9)11-13-7-12-8-14-11/h3-8H,2H2,1H3. The molecule has 0 unspecified atom stereocenters. The lowest BCUT2D eigenvalue weighted by Gasteiger charge is -1.99. The highest BCUT2D eigenvalue weighted by Crippen LogP contribution is 2.14. The zero-order valence-corrected chi connectivity index (χ0v) is 8.01. The number of hydrogen-bond donors (Lipinski definition) is 0. The summed E-state index contributed by atoms with van der Waals surface area (Å²) in [6.07, 6.45) is 4.07. The largest absolute Gasteiger partial charge is 0.225 e. The Morgan fingerprint density at radius 1 is 1.00 bits per heavy atom. The third kappa shape index (κ3) is 1.76. The highest BCUT2D eigenvalue weighted by molar-refractivity contribution is 5.54. The predicted octanol–water partition coefficient (Wildman–Crippen LogP) is 2.10. The number of rotatable bonds is 2. The Balaban J connectivity index is 2.34. The van der Waals surface area contributed by atoms with Gasteiger partial charge in [-0.05, 0) is 12.0 Å². The van der Waals surface area contributed by atoms with Gasteiger partial charge >= 0.3 is 0 Å². The van der Waals surface area contributed by atoms with Gasteiger partial charge in [-0.2, -0.15) is 0 Å². The van der Waals surface area contributed by atoms with E-state index in [0.29, 0.717) is 0 Å². The second-order valence-electron chi connectivity index (χ2n) is 3.01. The minimum Gasteiger partial charge on any atom is -0.225 e. The molecule has 1 aromatic heterocycles. The molecule has 2 rings (SSSR count). The molecule has 14 heavy (non-hydrogen) atoms. The van der Waals surface area contributed by atoms with Gasteiger partial charge in [-0.15, -0.1) is 0 Å². The van der Waals surface area contributed by atoms with Crippen molar-refractivity contribution in [3.63, 3.8) is 0 Å². The van der Waals surface area contributed by atoms with Crippen LogP contribution in [0.3, 0.4) is 0 Å². The summed E-state index contributed by atoms with van der Waals surface area (Å²) in [5, 5.41) is 0. The molecular formula is C11H11N3. The highest BCUT2D eigenvalue weighted by Gasteiger charge is 1.98. The Morgan fingerprint density at radius 3 is 2.21 bits per heavy atom. The molecule has 0 aliphatic heterocycles. The molecule has 70 valence electrons. The van der Waals surface area contributed by atoms with Crippen LogP contribution in [0.2, 0.25) is 0 Å². The van der Waals surface area contributed by atoms with Crippen LogP contribution in [0.5, 0.6) is 0 Å². The van der Waals surface area contributed by atoms with E-state index in [0.717, 1.165) is 17.8 Å². The molecule has 0 atom stereocenters. The maximum atomic E-state index is 4.08. The summed E-state index contributed by atoms with van der Waals surface area (Å²) in [6, 6.07) is 8.26. The fraction of sp³-hybridized carbons (Fsp3) is 0.182. The van der Waals surface area contributed by atoms with Crippen molar-refractivity contribution in [2.45, 2.75) is 13.3 Å². The highest BCUT2D eigenvalue weighted by atomic mass is 15.0. The van der Waals surface area contributed by atoms with Crippen LogP contribution in [0.25, 0.3) is 11.4 Å². The summed E-state index contributed by atoms with van der Waals surface area (Å²) in [4.78, 5) is 11.9. The van der Waals surface area contributed by atoms with Gasteiger partial charge < -0.3 is 0 Å². The van der Waals surface area contributed by atoms with E-state index in [2.05, 4.69) is 34.0 Å². The van der Waals surface area contributed by atoms with Crippen molar-refractivity contribution in [3.8, 4) is 11.4 Å². The van der Waals surface area contributed by atoms with Crippen LogP contribution in [0.15, 0.2) is 36.9 Å². The van der Waals surface area contributed by atoms with E-state index >= 15 is 0 Å². The van der Waals surface area contributed by atoms with Crippen molar-refractivity contribution < 1.29 is 0 Å². The zero-order chi connectivity index (χ0) is 9.80. The monoisotopic (exact) mass is 185 g/mol. The van der Waals surface area contributed by atoms with Crippen LogP contribution in [-0.4, -0.2) is 15.0 Å². The predicted molar refractivity (Wildman–Crippen MR) is 54.6 cm³/mol. The Kier molecular flexibility index (Phi) is 2.49. The first-order valence-electron chi connectivity index (χ1n) is 4.61. The molecule has 0 saturated carbocycles. The normalized spacial score (nSPS) is 10.1. The summed E-state index contributed by atoms with van der Waals surface area (Å²) in [5.74, 6) is 0.725. The minimum absolute atomic E-state index is 0.725. The van der Waals surface area contributed by atoms with Gasteiger partial charge in [0.1, 0.15) is 12.7 Å². The Morgan fingerprint density at radius 2 is 1.64 bits per heavy atom. The van der Waals surface area contributed by atoms with Crippen LogP contribution in [0.1, 0.15) is 12.5 Å². The average molecular weight is 185 g/mol. The van der Waals surface area contributed by atoms with Gasteiger partial charge in [0.05, 0.1) is 0 Å². The Labute approximate surface area is 82.9 Å². The van der Waals surface area contributed by atoms with Gasteiger partial charge in [0.25, 0.3) is 0 Å². The lowest BCUT2D eigenvalue weighted by Crippen LogP contribution is -1.89. The van der Waals surface area contributed by atoms with Gasteiger partial charge in [0.2, 0.25) is 0 Å². The van der Waals surface area contributed by atoms with Crippen molar-refractivity contribution >= 4 is 0 Å². The molecule has 0 aliphatic rings. The molecular weight excluding hydrogens is 174 g/mol. The zero-order valence-electron chi connectivity index (χ0n) is 8.01. The van der Waals surface area contributed by atoms with E-state index in [9.17, 15) is 0 Å². The second kappa shape index (κ2) is 3.96. The molecule has 0 radical (unpaired) electrons. The van der Waals surface area contributed by atoms with Crippen molar-refractivity contribution in [2.75, 3.05) is 0 Å². The van der Waals surface area contributed by atoms with Gasteiger partial charge in [-0.1, -0.05) is 31.2 Å². The van der Waals surface area contributed by atoms with E-state index in [1.54, 1.807) is 0 Å². The van der Waals surface area contributed by atoms with Gasteiger partial charge in [-0.25, -0.2) is 15.0 Å². The SMILES string of the molecule is CCc1ccc(-c2ncncn2)cc1. The summed E-state index contributed by atoms with van der Waals surface area (Å²) in [6.45, 7) is 2.14. The van der Waals surface area contributed by atoms with Crippen LogP contribution in [-0.2, 0) is 6.42 Å². The van der Waals surface area contributed by atoms with Crippen molar-refractivity contribution in [3.05, 3.63) is 42.5 Å². The van der Waals surface area contributed by atoms with E-state index in [1.807, 2.05) is 12.1 Å². The van der Waals surface area contributed by atoms with Gasteiger partial charge in [0, 0.05) is 5.56 Å². The first kappa shape index (κ1) is 8.81. The number of hydrogen-bond acceptors (Lipinski definition) is 3. The van der Waals surface area contributed by atoms with E-state index in [1.165, 1.54) is 18.2 Å². The maximum absolute atomic E-state index is 4.08. The number of benzene rings is 1. The molecule has 3 nitrogen and oxygen atoms in total. The molecule has 0 saturated heterocycles. The van der Waals surface area contributed by atoms with E-state index in [-0.39, 0.29) is 0 Å². The lowest BCUT2D eigenvalue weighted by molar-refractivity contribution is 1.05. The smallest absolute Gasteiger partial charge is 0.162 e. The molecule has 0 spiro atoms. The van der Waals surface area contributed by atoms with Crippen LogP contribution < -0.4 is 0 Å². The minimum atomic E-state index is 0.725. The van der Waals surface area contributed by atoms with Gasteiger partial charge in [0.15, 0.2) is 5.82 Å². The molecule has 1 aromatic carbocycles. The van der Waals surface area contributed by atoms with Crippen molar-refractivity contribution in [1.82, 2.24) is 15.0 Å². The third-order valence-electron chi connectivity index (χ3n) is 2.11. The molecule has 0 bridgehead atoms. The summed E-state index contributed by atoms with van der Waals surface area (Å²) < 4.78 is 0. The molecule has 1 heterocycles. The first-order valence-corrected chi connectivity index (χ1v) is 4.61. The van der Waals surface area contributed by atoms with E-state index in [4.69, 9.17) is 0 Å². The number of aromatic nitrogens is 3. The van der Waals surface area contributed by atoms with Gasteiger partial charge in [-0.3, -0.25) is 0 Å². The third-order valence-corrected chi connectivity index (χ3v) is 2.11. The quantitative estimate of drug-likeness (QED) is 0.719. The topological polar surface area (TPSA) is 38.7 Å². The van der Waals surface area contributed by atoms with Crippen molar-refractivity contribution in [1.29, 1.82) is 0 Å². The van der Waals surface area contributed by atoms with Crippen LogP contribution >= 0.6 is 0 Å². The Bertz CT molecular complexity index is 395. The molecule has 0 N–H and O–H groups in total. The molecule has 0 aliphatic carbocycles. The molecule has 0 fully saturated rings. The first-order chi connectivity index (χ1) is 6.90. The summed E-state index contributed by atoms with van der Waals surface area (Å²) >= 11 is 0.